The van der Waals surface area contributed by atoms with E-state index in [9.17, 15) is 9.50 Å². The van der Waals surface area contributed by atoms with Crippen molar-refractivity contribution in [1.82, 2.24) is 4.90 Å². The summed E-state index contributed by atoms with van der Waals surface area (Å²) in [6.07, 6.45) is 3.21. The molecule has 0 unspecified atom stereocenters. The van der Waals surface area contributed by atoms with E-state index in [0.29, 0.717) is 31.3 Å². The maximum absolute atomic E-state index is 13.8. The molecule has 3 rings (SSSR count). The molecule has 0 aliphatic heterocycles. The summed E-state index contributed by atoms with van der Waals surface area (Å²) in [6.45, 7) is 1.59. The number of nitrogens with zero attached hydrogens (tertiary/aromatic N) is 1. The Bertz CT molecular complexity index is 598. The molecule has 1 aromatic heterocycles. The first kappa shape index (κ1) is 16.2. The lowest BCUT2D eigenvalue weighted by atomic mass is 10.2. The van der Waals surface area contributed by atoms with E-state index in [1.54, 1.807) is 24.5 Å². The van der Waals surface area contributed by atoms with Crippen LogP contribution in [-0.4, -0.2) is 35.3 Å². The molecule has 1 aliphatic carbocycles. The quantitative estimate of drug-likeness (QED) is 0.772. The number of ether oxygens (including phenoxy) is 1. The molecule has 0 saturated heterocycles. The summed E-state index contributed by atoms with van der Waals surface area (Å²) in [7, 11) is 0. The van der Waals surface area contributed by atoms with E-state index in [2.05, 4.69) is 4.90 Å². The van der Waals surface area contributed by atoms with Crippen molar-refractivity contribution < 1.29 is 18.7 Å². The molecule has 124 valence electrons. The van der Waals surface area contributed by atoms with E-state index in [4.69, 9.17) is 9.15 Å². The van der Waals surface area contributed by atoms with Crippen LogP contribution in [0.4, 0.5) is 4.39 Å². The number of hydrogen-bond acceptors (Lipinski definition) is 4. The van der Waals surface area contributed by atoms with Gasteiger partial charge in [-0.3, -0.25) is 4.90 Å². The molecule has 5 heteroatoms. The Kier molecular flexibility index (Phi) is 5.43. The zero-order chi connectivity index (χ0) is 16.1. The van der Waals surface area contributed by atoms with Crippen molar-refractivity contribution in [3.8, 4) is 0 Å². The van der Waals surface area contributed by atoms with Crippen molar-refractivity contribution in [2.75, 3.05) is 13.2 Å². The van der Waals surface area contributed by atoms with Crippen LogP contribution in [0.25, 0.3) is 0 Å². The van der Waals surface area contributed by atoms with Crippen molar-refractivity contribution >= 4 is 0 Å². The van der Waals surface area contributed by atoms with Crippen LogP contribution in [0.2, 0.25) is 0 Å². The zero-order valence-electron chi connectivity index (χ0n) is 13.0. The molecular formula is C18H22FNO3. The Balaban J connectivity index is 1.48. The van der Waals surface area contributed by atoms with Crippen molar-refractivity contribution in [2.24, 2.45) is 0 Å². The third-order valence-electron chi connectivity index (χ3n) is 3.97. The third-order valence-corrected chi connectivity index (χ3v) is 3.97. The van der Waals surface area contributed by atoms with Crippen molar-refractivity contribution in [3.05, 3.63) is 59.8 Å². The maximum atomic E-state index is 13.8. The molecule has 1 heterocycles. The van der Waals surface area contributed by atoms with Gasteiger partial charge in [-0.15, -0.1) is 0 Å². The number of benzene rings is 1. The number of halogens is 1. The number of rotatable bonds is 9. The molecule has 1 aliphatic rings. The van der Waals surface area contributed by atoms with Crippen molar-refractivity contribution in [3.63, 3.8) is 0 Å². The van der Waals surface area contributed by atoms with E-state index in [0.717, 1.165) is 18.6 Å². The number of aliphatic hydroxyl groups excluding tert-OH is 1. The van der Waals surface area contributed by atoms with Crippen LogP contribution in [0.3, 0.4) is 0 Å². The molecular weight excluding hydrogens is 297 g/mol. The van der Waals surface area contributed by atoms with Gasteiger partial charge in [0.15, 0.2) is 0 Å². The summed E-state index contributed by atoms with van der Waals surface area (Å²) < 4.78 is 24.5. The zero-order valence-corrected chi connectivity index (χ0v) is 13.0. The molecule has 0 radical (unpaired) electrons. The van der Waals surface area contributed by atoms with Gasteiger partial charge in [-0.2, -0.15) is 0 Å². The van der Waals surface area contributed by atoms with Gasteiger partial charge < -0.3 is 14.3 Å². The second kappa shape index (κ2) is 7.73. The lowest BCUT2D eigenvalue weighted by Crippen LogP contribution is -2.36. The van der Waals surface area contributed by atoms with Crippen LogP contribution in [0.5, 0.6) is 0 Å². The van der Waals surface area contributed by atoms with Crippen LogP contribution in [0.15, 0.2) is 47.1 Å². The highest BCUT2D eigenvalue weighted by molar-refractivity contribution is 5.17. The van der Waals surface area contributed by atoms with Gasteiger partial charge in [0, 0.05) is 24.7 Å². The average Bonchev–Trinajstić information content (AvgIpc) is 3.26. The van der Waals surface area contributed by atoms with Crippen LogP contribution in [-0.2, 0) is 17.9 Å². The number of aliphatic hydroxyl groups is 1. The lowest BCUT2D eigenvalue weighted by molar-refractivity contribution is 0.00232. The van der Waals surface area contributed by atoms with Gasteiger partial charge in [0.2, 0.25) is 0 Å². The van der Waals surface area contributed by atoms with Gasteiger partial charge in [-0.25, -0.2) is 4.39 Å². The SMILES string of the molecule is O[C@@H](COCc1ccco1)CN(Cc1ccccc1F)C1CC1. The summed E-state index contributed by atoms with van der Waals surface area (Å²) in [5.41, 5.74) is 0.670. The summed E-state index contributed by atoms with van der Waals surface area (Å²) >= 11 is 0. The fraction of sp³-hybridized carbons (Fsp3) is 0.444. The summed E-state index contributed by atoms with van der Waals surface area (Å²) in [6, 6.07) is 10.9. The molecule has 1 aromatic carbocycles. The largest absolute Gasteiger partial charge is 0.467 e. The third kappa shape index (κ3) is 4.89. The molecule has 1 atom stereocenters. The van der Waals surface area contributed by atoms with Crippen LogP contribution in [0.1, 0.15) is 24.2 Å². The predicted octanol–water partition coefficient (Wildman–Crippen LogP) is 2.96. The van der Waals surface area contributed by atoms with Crippen LogP contribution in [0, 0.1) is 5.82 Å². The van der Waals surface area contributed by atoms with Crippen LogP contribution < -0.4 is 0 Å². The van der Waals surface area contributed by atoms with Crippen molar-refractivity contribution in [2.45, 2.75) is 38.1 Å². The maximum Gasteiger partial charge on any atom is 0.129 e. The fourth-order valence-corrected chi connectivity index (χ4v) is 2.64. The molecule has 23 heavy (non-hydrogen) atoms. The average molecular weight is 319 g/mol. The molecule has 1 saturated carbocycles. The highest BCUT2D eigenvalue weighted by Gasteiger charge is 2.30. The standard InChI is InChI=1S/C18H22FNO3/c19-18-6-2-1-4-14(18)10-20(15-7-8-15)11-16(21)12-22-13-17-5-3-9-23-17/h1-6,9,15-16,21H,7-8,10-13H2/t16-/m1/s1. The van der Waals surface area contributed by atoms with Crippen molar-refractivity contribution in [1.29, 1.82) is 0 Å². The van der Waals surface area contributed by atoms with Gasteiger partial charge >= 0.3 is 0 Å². The Hall–Kier alpha value is -1.69. The molecule has 0 bridgehead atoms. The first-order valence-electron chi connectivity index (χ1n) is 7.98. The molecule has 0 spiro atoms. The number of furan rings is 1. The Labute approximate surface area is 135 Å². The highest BCUT2D eigenvalue weighted by atomic mass is 19.1. The van der Waals surface area contributed by atoms with Gasteiger partial charge in [-0.05, 0) is 31.0 Å². The summed E-state index contributed by atoms with van der Waals surface area (Å²) in [5.74, 6) is 0.546. The van der Waals surface area contributed by atoms with E-state index in [-0.39, 0.29) is 12.4 Å². The van der Waals surface area contributed by atoms with E-state index in [1.807, 2.05) is 12.1 Å². The van der Waals surface area contributed by atoms with Gasteiger partial charge in [-0.1, -0.05) is 18.2 Å². The first-order chi connectivity index (χ1) is 11.2. The molecule has 0 amide bonds. The predicted molar refractivity (Wildman–Crippen MR) is 84.2 cm³/mol. The van der Waals surface area contributed by atoms with Gasteiger partial charge in [0.1, 0.15) is 18.2 Å². The Morgan fingerprint density at radius 1 is 1.26 bits per heavy atom. The summed E-state index contributed by atoms with van der Waals surface area (Å²) in [5, 5.41) is 10.2. The second-order valence-electron chi connectivity index (χ2n) is 6.00. The number of hydrogen-bond donors (Lipinski definition) is 1. The minimum absolute atomic E-state index is 0.193. The first-order valence-corrected chi connectivity index (χ1v) is 7.98. The van der Waals surface area contributed by atoms with E-state index < -0.39 is 6.10 Å². The topological polar surface area (TPSA) is 45.8 Å². The lowest BCUT2D eigenvalue weighted by Gasteiger charge is -2.25. The minimum atomic E-state index is -0.600. The Morgan fingerprint density at radius 3 is 2.78 bits per heavy atom. The molecule has 1 N–H and O–H groups in total. The summed E-state index contributed by atoms with van der Waals surface area (Å²) in [4.78, 5) is 2.14. The minimum Gasteiger partial charge on any atom is -0.467 e. The van der Waals surface area contributed by atoms with E-state index in [1.165, 1.54) is 6.07 Å². The molecule has 2 aromatic rings. The fourth-order valence-electron chi connectivity index (χ4n) is 2.64. The highest BCUT2D eigenvalue weighted by Crippen LogP contribution is 2.28. The monoisotopic (exact) mass is 319 g/mol. The van der Waals surface area contributed by atoms with E-state index >= 15 is 0 Å². The van der Waals surface area contributed by atoms with Gasteiger partial charge in [0.05, 0.1) is 19.0 Å². The smallest absolute Gasteiger partial charge is 0.129 e. The Morgan fingerprint density at radius 2 is 2.09 bits per heavy atom. The van der Waals surface area contributed by atoms with Gasteiger partial charge in [0.25, 0.3) is 0 Å². The second-order valence-corrected chi connectivity index (χ2v) is 6.00. The normalized spacial score (nSPS) is 16.0. The molecule has 4 nitrogen and oxygen atoms in total. The van der Waals surface area contributed by atoms with Crippen LogP contribution >= 0.6 is 0 Å². The molecule has 1 fully saturated rings.